The first-order valence-corrected chi connectivity index (χ1v) is 9.16. The van der Waals surface area contributed by atoms with Crippen LogP contribution in [-0.4, -0.2) is 41.6 Å². The van der Waals surface area contributed by atoms with Gasteiger partial charge in [-0.2, -0.15) is 0 Å². The third-order valence-corrected chi connectivity index (χ3v) is 4.41. The minimum atomic E-state index is -0.454. The number of nitrogens with zero attached hydrogens (tertiary/aromatic N) is 2. The normalized spacial score (nSPS) is 10.5. The van der Waals surface area contributed by atoms with Crippen molar-refractivity contribution in [3.05, 3.63) is 40.3 Å². The molecule has 8 heteroatoms. The Morgan fingerprint density at radius 2 is 2.04 bits per heavy atom. The summed E-state index contributed by atoms with van der Waals surface area (Å²) >= 11 is 1.32. The van der Waals surface area contributed by atoms with Crippen LogP contribution in [0.1, 0.15) is 36.3 Å². The van der Waals surface area contributed by atoms with Gasteiger partial charge in [0, 0.05) is 11.4 Å². The van der Waals surface area contributed by atoms with Crippen molar-refractivity contribution in [2.75, 3.05) is 19.0 Å². The number of thiazole rings is 1. The fraction of sp³-hybridized carbons (Fsp3) is 0.389. The van der Waals surface area contributed by atoms with Crippen molar-refractivity contribution in [1.82, 2.24) is 9.88 Å². The van der Waals surface area contributed by atoms with E-state index in [1.54, 1.807) is 36.4 Å². The van der Waals surface area contributed by atoms with Crippen LogP contribution in [0.5, 0.6) is 5.75 Å². The van der Waals surface area contributed by atoms with Crippen LogP contribution in [0.3, 0.4) is 0 Å². The number of amides is 2. The largest absolute Gasteiger partial charge is 0.495 e. The van der Waals surface area contributed by atoms with E-state index in [1.807, 2.05) is 26.0 Å². The van der Waals surface area contributed by atoms with Crippen molar-refractivity contribution in [3.8, 4) is 5.75 Å². The summed E-state index contributed by atoms with van der Waals surface area (Å²) in [6, 6.07) is 6.89. The van der Waals surface area contributed by atoms with Crippen LogP contribution >= 0.6 is 11.3 Å². The molecule has 1 N–H and O–H groups in total. The number of benzene rings is 1. The van der Waals surface area contributed by atoms with Crippen molar-refractivity contribution in [2.24, 2.45) is 0 Å². The number of carbonyl (C=O) groups excluding carboxylic acids is 2. The lowest BCUT2D eigenvalue weighted by Gasteiger charge is -2.26. The van der Waals surface area contributed by atoms with E-state index in [9.17, 15) is 9.59 Å². The molecule has 140 valence electrons. The first kappa shape index (κ1) is 19.7. The molecule has 1 aromatic heterocycles. The molecule has 0 saturated heterocycles. The minimum Gasteiger partial charge on any atom is -0.495 e. The van der Waals surface area contributed by atoms with Crippen molar-refractivity contribution in [1.29, 1.82) is 0 Å². The molecule has 2 rings (SSSR count). The Balaban J connectivity index is 2.11. The highest BCUT2D eigenvalue weighted by molar-refractivity contribution is 7.09. The molecule has 0 aliphatic rings. The fourth-order valence-corrected chi connectivity index (χ4v) is 3.01. The Bertz CT molecular complexity index is 760. The molecule has 0 aliphatic heterocycles. The van der Waals surface area contributed by atoms with Gasteiger partial charge >= 0.3 is 12.0 Å². The smallest absolute Gasteiger partial charge is 0.357 e. The first-order chi connectivity index (χ1) is 12.5. The minimum absolute atomic E-state index is 0.0559. The Morgan fingerprint density at radius 1 is 1.31 bits per heavy atom. The van der Waals surface area contributed by atoms with Crippen molar-refractivity contribution in [3.63, 3.8) is 0 Å². The summed E-state index contributed by atoms with van der Waals surface area (Å²) in [5.41, 5.74) is 0.859. The summed E-state index contributed by atoms with van der Waals surface area (Å²) in [5, 5.41) is 5.17. The summed E-state index contributed by atoms with van der Waals surface area (Å²) in [4.78, 5) is 30.4. The van der Waals surface area contributed by atoms with E-state index in [0.717, 1.165) is 0 Å². The van der Waals surface area contributed by atoms with Gasteiger partial charge in [-0.1, -0.05) is 12.1 Å². The maximum Gasteiger partial charge on any atom is 0.357 e. The van der Waals surface area contributed by atoms with Crippen LogP contribution in [0.15, 0.2) is 29.6 Å². The van der Waals surface area contributed by atoms with Gasteiger partial charge < -0.3 is 19.7 Å². The average molecular weight is 377 g/mol. The second-order valence-electron chi connectivity index (χ2n) is 5.70. The second-order valence-corrected chi connectivity index (χ2v) is 6.64. The Morgan fingerprint density at radius 3 is 2.69 bits per heavy atom. The summed E-state index contributed by atoms with van der Waals surface area (Å²) < 4.78 is 10.2. The van der Waals surface area contributed by atoms with Gasteiger partial charge in [-0.15, -0.1) is 11.3 Å². The average Bonchev–Trinajstić information content (AvgIpc) is 3.09. The summed E-state index contributed by atoms with van der Waals surface area (Å²) in [7, 11) is 1.55. The molecule has 0 spiro atoms. The number of ether oxygens (including phenoxy) is 2. The third-order valence-electron chi connectivity index (χ3n) is 3.57. The van der Waals surface area contributed by atoms with Crippen LogP contribution in [0.4, 0.5) is 10.5 Å². The van der Waals surface area contributed by atoms with Crippen molar-refractivity contribution >= 4 is 29.0 Å². The molecule has 2 aromatic rings. The van der Waals surface area contributed by atoms with Crippen molar-refractivity contribution in [2.45, 2.75) is 33.4 Å². The maximum absolute atomic E-state index is 12.7. The number of methoxy groups -OCH3 is 1. The summed E-state index contributed by atoms with van der Waals surface area (Å²) in [6.07, 6.45) is 0. The molecule has 0 bridgehead atoms. The van der Waals surface area contributed by atoms with E-state index in [2.05, 4.69) is 10.3 Å². The molecular weight excluding hydrogens is 354 g/mol. The number of esters is 1. The number of anilines is 1. The van der Waals surface area contributed by atoms with Gasteiger partial charge in [0.2, 0.25) is 0 Å². The summed E-state index contributed by atoms with van der Waals surface area (Å²) in [6.45, 7) is 6.17. The molecule has 1 heterocycles. The van der Waals surface area contributed by atoms with Crippen LogP contribution in [0.25, 0.3) is 0 Å². The zero-order chi connectivity index (χ0) is 19.1. The number of urea groups is 1. The zero-order valence-electron chi connectivity index (χ0n) is 15.3. The molecule has 0 atom stereocenters. The SMILES string of the molecule is CCOC(=O)c1csc(CN(C(=O)Nc2ccccc2OC)C(C)C)n1. The standard InChI is InChI=1S/C18H23N3O4S/c1-5-25-17(22)14-11-26-16(19-14)10-21(12(2)3)18(23)20-13-8-6-7-9-15(13)24-4/h6-9,11-12H,5,10H2,1-4H3,(H,20,23). The Kier molecular flexibility index (Phi) is 6.97. The molecule has 0 saturated carbocycles. The zero-order valence-corrected chi connectivity index (χ0v) is 16.1. The van der Waals surface area contributed by atoms with Crippen molar-refractivity contribution < 1.29 is 19.1 Å². The number of carbonyl (C=O) groups is 2. The Labute approximate surface area is 156 Å². The molecular formula is C18H23N3O4S. The molecule has 26 heavy (non-hydrogen) atoms. The van der Waals surface area contributed by atoms with Crippen LogP contribution < -0.4 is 10.1 Å². The number of rotatable bonds is 7. The van der Waals surface area contributed by atoms with Crippen LogP contribution in [0.2, 0.25) is 0 Å². The van der Waals surface area contributed by atoms with E-state index < -0.39 is 5.97 Å². The maximum atomic E-state index is 12.7. The van der Waals surface area contributed by atoms with Gasteiger partial charge in [0.05, 0.1) is 25.9 Å². The highest BCUT2D eigenvalue weighted by Crippen LogP contribution is 2.24. The molecule has 0 fully saturated rings. The van der Waals surface area contributed by atoms with Gasteiger partial charge in [-0.3, -0.25) is 0 Å². The number of hydrogen-bond acceptors (Lipinski definition) is 6. The van der Waals surface area contributed by atoms with E-state index in [-0.39, 0.29) is 17.8 Å². The van der Waals surface area contributed by atoms with E-state index in [4.69, 9.17) is 9.47 Å². The second kappa shape index (κ2) is 9.19. The monoisotopic (exact) mass is 377 g/mol. The van der Waals surface area contributed by atoms with Crippen LogP contribution in [-0.2, 0) is 11.3 Å². The molecule has 0 aliphatic carbocycles. The molecule has 0 radical (unpaired) electrons. The van der Waals surface area contributed by atoms with Gasteiger partial charge in [-0.05, 0) is 32.9 Å². The van der Waals surface area contributed by atoms with Gasteiger partial charge in [0.15, 0.2) is 5.69 Å². The highest BCUT2D eigenvalue weighted by atomic mass is 32.1. The first-order valence-electron chi connectivity index (χ1n) is 8.28. The number of aromatic nitrogens is 1. The molecule has 2 amide bonds. The molecule has 7 nitrogen and oxygen atoms in total. The third kappa shape index (κ3) is 4.95. The number of para-hydroxylation sites is 2. The van der Waals surface area contributed by atoms with Gasteiger partial charge in [-0.25, -0.2) is 14.6 Å². The number of hydrogen-bond donors (Lipinski definition) is 1. The lowest BCUT2D eigenvalue weighted by atomic mass is 10.3. The lowest BCUT2D eigenvalue weighted by Crippen LogP contribution is -2.39. The quantitative estimate of drug-likeness (QED) is 0.743. The van der Waals surface area contributed by atoms with Gasteiger partial charge in [0.25, 0.3) is 0 Å². The molecule has 1 aromatic carbocycles. The van der Waals surface area contributed by atoms with E-state index in [0.29, 0.717) is 29.6 Å². The summed E-state index contributed by atoms with van der Waals surface area (Å²) in [5.74, 6) is 0.132. The highest BCUT2D eigenvalue weighted by Gasteiger charge is 2.21. The predicted octanol–water partition coefficient (Wildman–Crippen LogP) is 3.77. The number of nitrogens with one attached hydrogen (secondary N) is 1. The van der Waals surface area contributed by atoms with Gasteiger partial charge in [0.1, 0.15) is 10.8 Å². The van der Waals surface area contributed by atoms with E-state index >= 15 is 0 Å². The fourth-order valence-electron chi connectivity index (χ4n) is 2.25. The van der Waals surface area contributed by atoms with Crippen LogP contribution in [0, 0.1) is 0 Å². The molecule has 0 unspecified atom stereocenters. The lowest BCUT2D eigenvalue weighted by molar-refractivity contribution is 0.0520. The topological polar surface area (TPSA) is 80.8 Å². The Hall–Kier alpha value is -2.61. The van der Waals surface area contributed by atoms with E-state index in [1.165, 1.54) is 11.3 Å². The predicted molar refractivity (Wildman–Crippen MR) is 101 cm³/mol.